The molecule has 0 unspecified atom stereocenters. The van der Waals surface area contributed by atoms with Gasteiger partial charge in [-0.25, -0.2) is 9.59 Å². The lowest BCUT2D eigenvalue weighted by molar-refractivity contribution is -0.116. The van der Waals surface area contributed by atoms with Crippen LogP contribution < -0.4 is 5.32 Å². The highest BCUT2D eigenvalue weighted by Crippen LogP contribution is 2.34. The van der Waals surface area contributed by atoms with Crippen molar-refractivity contribution in [3.63, 3.8) is 0 Å². The molecule has 0 saturated heterocycles. The lowest BCUT2D eigenvalue weighted by Gasteiger charge is -2.13. The van der Waals surface area contributed by atoms with E-state index in [1.807, 2.05) is 0 Å². The van der Waals surface area contributed by atoms with E-state index in [9.17, 15) is 24.0 Å². The standard InChI is InChI=1S/C24H26N2O7S/c1-5-32-23(30)18-14(4)19(24(31)33-13(2)3)34-20(18)25-17(27)11-8-12-26-21(28)15-9-6-7-10-16(15)22(26)29/h6-7,9-10,13H,5,8,11-12H2,1-4H3,(H,25,27). The van der Waals surface area contributed by atoms with E-state index in [2.05, 4.69) is 5.32 Å². The van der Waals surface area contributed by atoms with Crippen LogP contribution in [0.1, 0.15) is 79.9 Å². The Morgan fingerprint density at radius 2 is 1.68 bits per heavy atom. The summed E-state index contributed by atoms with van der Waals surface area (Å²) in [6.07, 6.45) is -0.114. The Hall–Kier alpha value is -3.53. The van der Waals surface area contributed by atoms with Crippen molar-refractivity contribution in [3.8, 4) is 0 Å². The zero-order chi connectivity index (χ0) is 25.0. The number of carbonyl (C=O) groups is 5. The van der Waals surface area contributed by atoms with E-state index >= 15 is 0 Å². The van der Waals surface area contributed by atoms with Crippen molar-refractivity contribution < 1.29 is 33.4 Å². The summed E-state index contributed by atoms with van der Waals surface area (Å²) in [6.45, 7) is 6.89. The van der Waals surface area contributed by atoms with E-state index in [0.29, 0.717) is 16.7 Å². The van der Waals surface area contributed by atoms with Gasteiger partial charge in [0.05, 0.1) is 29.4 Å². The molecule has 1 N–H and O–H groups in total. The van der Waals surface area contributed by atoms with Crippen LogP contribution in [0.5, 0.6) is 0 Å². The molecule has 0 aliphatic carbocycles. The Morgan fingerprint density at radius 3 is 2.24 bits per heavy atom. The molecule has 1 aromatic carbocycles. The molecule has 2 aromatic rings. The number of nitrogens with zero attached hydrogens (tertiary/aromatic N) is 1. The smallest absolute Gasteiger partial charge is 0.348 e. The molecule has 0 bridgehead atoms. The van der Waals surface area contributed by atoms with Crippen LogP contribution in [0.25, 0.3) is 0 Å². The first-order chi connectivity index (χ1) is 16.1. The monoisotopic (exact) mass is 486 g/mol. The number of ether oxygens (including phenoxy) is 2. The van der Waals surface area contributed by atoms with Gasteiger partial charge in [-0.05, 0) is 51.8 Å². The van der Waals surface area contributed by atoms with Gasteiger partial charge in [-0.3, -0.25) is 19.3 Å². The molecule has 2 heterocycles. The van der Waals surface area contributed by atoms with Crippen LogP contribution in [0.2, 0.25) is 0 Å². The largest absolute Gasteiger partial charge is 0.462 e. The van der Waals surface area contributed by atoms with Gasteiger partial charge >= 0.3 is 11.9 Å². The molecule has 0 spiro atoms. The molecule has 34 heavy (non-hydrogen) atoms. The van der Waals surface area contributed by atoms with E-state index in [0.717, 1.165) is 16.2 Å². The summed E-state index contributed by atoms with van der Waals surface area (Å²) in [5.74, 6) is -2.43. The number of nitrogens with one attached hydrogen (secondary N) is 1. The molecule has 1 aromatic heterocycles. The molecule has 0 saturated carbocycles. The first-order valence-electron chi connectivity index (χ1n) is 10.9. The number of hydrogen-bond donors (Lipinski definition) is 1. The summed E-state index contributed by atoms with van der Waals surface area (Å²) in [5.41, 5.74) is 1.18. The van der Waals surface area contributed by atoms with Gasteiger partial charge in [-0.1, -0.05) is 12.1 Å². The summed E-state index contributed by atoms with van der Waals surface area (Å²) >= 11 is 0.944. The fourth-order valence-corrected chi connectivity index (χ4v) is 4.64. The lowest BCUT2D eigenvalue weighted by atomic mass is 10.1. The summed E-state index contributed by atoms with van der Waals surface area (Å²) in [7, 11) is 0. The second-order valence-electron chi connectivity index (χ2n) is 7.89. The van der Waals surface area contributed by atoms with Gasteiger partial charge < -0.3 is 14.8 Å². The Balaban J connectivity index is 1.68. The summed E-state index contributed by atoms with van der Waals surface area (Å²) in [5, 5.41) is 2.86. The Morgan fingerprint density at radius 1 is 1.06 bits per heavy atom. The average Bonchev–Trinajstić information content (AvgIpc) is 3.22. The highest BCUT2D eigenvalue weighted by molar-refractivity contribution is 7.18. The van der Waals surface area contributed by atoms with Crippen molar-refractivity contribution in [2.75, 3.05) is 18.5 Å². The van der Waals surface area contributed by atoms with Crippen LogP contribution >= 0.6 is 11.3 Å². The number of hydrogen-bond acceptors (Lipinski definition) is 8. The van der Waals surface area contributed by atoms with Gasteiger partial charge in [0.1, 0.15) is 9.88 Å². The van der Waals surface area contributed by atoms with Crippen molar-refractivity contribution in [1.29, 1.82) is 0 Å². The van der Waals surface area contributed by atoms with Gasteiger partial charge in [0.25, 0.3) is 11.8 Å². The van der Waals surface area contributed by atoms with Crippen LogP contribution in [0, 0.1) is 6.92 Å². The number of amides is 3. The van der Waals surface area contributed by atoms with E-state index in [-0.39, 0.29) is 59.4 Å². The fraction of sp³-hybridized carbons (Fsp3) is 0.375. The molecule has 0 fully saturated rings. The predicted octanol–water partition coefficient (Wildman–Crippen LogP) is 3.81. The van der Waals surface area contributed by atoms with E-state index in [4.69, 9.17) is 9.47 Å². The SMILES string of the molecule is CCOC(=O)c1c(NC(=O)CCCN2C(=O)c3ccccc3C2=O)sc(C(=O)OC(C)C)c1C. The third-order valence-electron chi connectivity index (χ3n) is 5.07. The highest BCUT2D eigenvalue weighted by atomic mass is 32.1. The minimum atomic E-state index is -0.652. The fourth-order valence-electron chi connectivity index (χ4n) is 3.54. The average molecular weight is 487 g/mol. The molecule has 10 heteroatoms. The van der Waals surface area contributed by atoms with Crippen LogP contribution in [-0.4, -0.2) is 53.8 Å². The first-order valence-corrected chi connectivity index (χ1v) is 11.7. The maximum Gasteiger partial charge on any atom is 0.348 e. The van der Waals surface area contributed by atoms with Crippen molar-refractivity contribution in [2.45, 2.75) is 46.6 Å². The molecular weight excluding hydrogens is 460 g/mol. The number of esters is 2. The number of benzene rings is 1. The maximum absolute atomic E-state index is 12.6. The van der Waals surface area contributed by atoms with Crippen LogP contribution in [-0.2, 0) is 14.3 Å². The predicted molar refractivity (Wildman–Crippen MR) is 125 cm³/mol. The number of carbonyl (C=O) groups excluding carboxylic acids is 5. The van der Waals surface area contributed by atoms with E-state index in [1.165, 1.54) is 0 Å². The highest BCUT2D eigenvalue weighted by Gasteiger charge is 2.34. The molecule has 3 amide bonds. The topological polar surface area (TPSA) is 119 Å². The number of fused-ring (bicyclic) bond motifs is 1. The van der Waals surface area contributed by atoms with Gasteiger partial charge in [-0.2, -0.15) is 0 Å². The van der Waals surface area contributed by atoms with Crippen molar-refractivity contribution >= 4 is 46.0 Å². The Labute approximate surface area is 201 Å². The van der Waals surface area contributed by atoms with E-state index in [1.54, 1.807) is 52.0 Å². The van der Waals surface area contributed by atoms with Gasteiger partial charge in [0.2, 0.25) is 5.91 Å². The molecular formula is C24H26N2O7S. The summed E-state index contributed by atoms with van der Waals surface area (Å²) in [4.78, 5) is 63.8. The number of anilines is 1. The summed E-state index contributed by atoms with van der Waals surface area (Å²) in [6, 6.07) is 6.58. The van der Waals surface area contributed by atoms with Crippen molar-refractivity contribution in [2.24, 2.45) is 0 Å². The van der Waals surface area contributed by atoms with Gasteiger partial charge in [-0.15, -0.1) is 11.3 Å². The molecule has 0 radical (unpaired) electrons. The van der Waals surface area contributed by atoms with Crippen molar-refractivity contribution in [1.82, 2.24) is 4.90 Å². The van der Waals surface area contributed by atoms with Gasteiger partial charge in [0, 0.05) is 13.0 Å². The quantitative estimate of drug-likeness (QED) is 0.423. The van der Waals surface area contributed by atoms with Crippen molar-refractivity contribution in [3.05, 3.63) is 51.4 Å². The first kappa shape index (κ1) is 25.1. The minimum Gasteiger partial charge on any atom is -0.462 e. The Kier molecular flexibility index (Phi) is 7.83. The number of rotatable bonds is 9. The molecule has 1 aliphatic rings. The zero-order valence-corrected chi connectivity index (χ0v) is 20.2. The molecule has 1 aliphatic heterocycles. The number of thiophene rings is 1. The molecule has 9 nitrogen and oxygen atoms in total. The van der Waals surface area contributed by atoms with E-state index < -0.39 is 17.8 Å². The minimum absolute atomic E-state index is 0.00160. The second-order valence-corrected chi connectivity index (χ2v) is 8.91. The Bertz CT molecular complexity index is 1120. The molecule has 0 atom stereocenters. The number of imide groups is 1. The third kappa shape index (κ3) is 5.17. The lowest BCUT2D eigenvalue weighted by Crippen LogP contribution is -2.31. The molecule has 3 rings (SSSR count). The van der Waals surface area contributed by atoms with Gasteiger partial charge in [0.15, 0.2) is 0 Å². The van der Waals surface area contributed by atoms with Crippen LogP contribution in [0.4, 0.5) is 5.00 Å². The summed E-state index contributed by atoms with van der Waals surface area (Å²) < 4.78 is 10.3. The third-order valence-corrected chi connectivity index (χ3v) is 6.26. The van der Waals surface area contributed by atoms with Crippen LogP contribution in [0.15, 0.2) is 24.3 Å². The van der Waals surface area contributed by atoms with Crippen LogP contribution in [0.3, 0.4) is 0 Å². The zero-order valence-electron chi connectivity index (χ0n) is 19.4. The maximum atomic E-state index is 12.6. The second kappa shape index (κ2) is 10.6. The molecule has 180 valence electrons. The normalized spacial score (nSPS) is 12.7.